The number of H-pyrrole nitrogens is 1. The minimum absolute atomic E-state index is 0.0923. The van der Waals surface area contributed by atoms with Crippen LogP contribution in [-0.4, -0.2) is 36.6 Å². The molecule has 3 rings (SSSR count). The molecule has 2 aromatic heterocycles. The first-order valence-electron chi connectivity index (χ1n) is 8.44. The van der Waals surface area contributed by atoms with Crippen molar-refractivity contribution in [2.24, 2.45) is 0 Å². The molecule has 1 amide bonds. The summed E-state index contributed by atoms with van der Waals surface area (Å²) in [5.41, 5.74) is 4.57. The van der Waals surface area contributed by atoms with Gasteiger partial charge in [-0.15, -0.1) is 10.2 Å². The van der Waals surface area contributed by atoms with Crippen LogP contribution in [0.1, 0.15) is 23.9 Å². The highest BCUT2D eigenvalue weighted by atomic mass is 32.2. The molecule has 8 heteroatoms. The third-order valence-corrected chi connectivity index (χ3v) is 5.00. The minimum atomic E-state index is -0.0923. The second-order valence-corrected chi connectivity index (χ2v) is 7.01. The number of anilines is 1. The number of nitrogens with one attached hydrogen (secondary N) is 2. The molecule has 3 aromatic rings. The van der Waals surface area contributed by atoms with Crippen molar-refractivity contribution in [3.8, 4) is 11.4 Å². The number of carbonyl (C=O) groups is 1. The maximum Gasteiger partial charge on any atom is 0.234 e. The number of thioether (sulfide) groups is 1. The van der Waals surface area contributed by atoms with Crippen molar-refractivity contribution in [2.45, 2.75) is 39.4 Å². The zero-order valence-corrected chi connectivity index (χ0v) is 16.1. The van der Waals surface area contributed by atoms with E-state index in [1.807, 2.05) is 37.5 Å². The quantitative estimate of drug-likeness (QED) is 0.650. The van der Waals surface area contributed by atoms with Crippen LogP contribution in [0.3, 0.4) is 0 Å². The van der Waals surface area contributed by atoms with Gasteiger partial charge in [0.05, 0.1) is 22.8 Å². The van der Waals surface area contributed by atoms with Gasteiger partial charge in [0, 0.05) is 12.1 Å². The Hall–Kier alpha value is -2.61. The number of rotatable bonds is 6. The van der Waals surface area contributed by atoms with E-state index in [1.165, 1.54) is 17.3 Å². The maximum absolute atomic E-state index is 12.3. The second kappa shape index (κ2) is 7.74. The second-order valence-electron chi connectivity index (χ2n) is 6.07. The summed E-state index contributed by atoms with van der Waals surface area (Å²) in [4.78, 5) is 12.3. The lowest BCUT2D eigenvalue weighted by atomic mass is 10.1. The molecule has 0 bridgehead atoms. The molecule has 26 heavy (non-hydrogen) atoms. The van der Waals surface area contributed by atoms with Gasteiger partial charge in [0.25, 0.3) is 0 Å². The Morgan fingerprint density at radius 2 is 2.08 bits per heavy atom. The highest BCUT2D eigenvalue weighted by Gasteiger charge is 2.16. The SMILES string of the molecule is CCn1c(SCC(=O)Nc2c(C)n[nH]c2C)nnc1-c1cccc(C)c1. The maximum atomic E-state index is 12.3. The highest BCUT2D eigenvalue weighted by molar-refractivity contribution is 7.99. The number of benzene rings is 1. The Kier molecular flexibility index (Phi) is 5.41. The lowest BCUT2D eigenvalue weighted by Crippen LogP contribution is -2.15. The first kappa shape index (κ1) is 18.2. The van der Waals surface area contributed by atoms with Gasteiger partial charge in [0.15, 0.2) is 11.0 Å². The summed E-state index contributed by atoms with van der Waals surface area (Å²) in [6, 6.07) is 8.17. The Morgan fingerprint density at radius 3 is 2.73 bits per heavy atom. The van der Waals surface area contributed by atoms with Crippen molar-refractivity contribution in [3.05, 3.63) is 41.2 Å². The standard InChI is InChI=1S/C18H22N6OS/c1-5-24-17(14-8-6-7-11(2)9-14)22-23-18(24)26-10-15(25)19-16-12(3)20-21-13(16)4/h6-9H,5,10H2,1-4H3,(H,19,25)(H,20,21). The fourth-order valence-electron chi connectivity index (χ4n) is 2.72. The molecule has 1 aromatic carbocycles. The van der Waals surface area contributed by atoms with Crippen molar-refractivity contribution < 1.29 is 4.79 Å². The summed E-state index contributed by atoms with van der Waals surface area (Å²) in [6.07, 6.45) is 0. The zero-order valence-electron chi connectivity index (χ0n) is 15.3. The van der Waals surface area contributed by atoms with E-state index >= 15 is 0 Å². The normalized spacial score (nSPS) is 10.9. The van der Waals surface area contributed by atoms with Crippen molar-refractivity contribution in [2.75, 3.05) is 11.1 Å². The van der Waals surface area contributed by atoms with E-state index in [1.54, 1.807) is 0 Å². The van der Waals surface area contributed by atoms with Gasteiger partial charge in [-0.1, -0.05) is 35.5 Å². The topological polar surface area (TPSA) is 88.5 Å². The molecule has 0 spiro atoms. The predicted octanol–water partition coefficient (Wildman–Crippen LogP) is 3.34. The molecule has 0 unspecified atom stereocenters. The summed E-state index contributed by atoms with van der Waals surface area (Å²) < 4.78 is 2.03. The first-order valence-corrected chi connectivity index (χ1v) is 9.42. The summed E-state index contributed by atoms with van der Waals surface area (Å²) in [6.45, 7) is 8.57. The number of aromatic nitrogens is 5. The highest BCUT2D eigenvalue weighted by Crippen LogP contribution is 2.25. The Bertz CT molecular complexity index is 910. The molecular formula is C18H22N6OS. The Labute approximate surface area is 156 Å². The molecule has 0 saturated carbocycles. The van der Waals surface area contributed by atoms with E-state index in [0.717, 1.165) is 40.2 Å². The van der Waals surface area contributed by atoms with Crippen LogP contribution in [0.25, 0.3) is 11.4 Å². The van der Waals surface area contributed by atoms with Gasteiger partial charge in [-0.25, -0.2) is 0 Å². The van der Waals surface area contributed by atoms with Crippen molar-refractivity contribution in [1.29, 1.82) is 0 Å². The van der Waals surface area contributed by atoms with Crippen LogP contribution in [0.5, 0.6) is 0 Å². The average Bonchev–Trinajstić information content (AvgIpc) is 3.17. The molecule has 136 valence electrons. The molecule has 0 aliphatic carbocycles. The molecular weight excluding hydrogens is 348 g/mol. The Balaban J connectivity index is 1.71. The van der Waals surface area contributed by atoms with E-state index in [9.17, 15) is 4.79 Å². The van der Waals surface area contributed by atoms with Gasteiger partial charge in [0.1, 0.15) is 0 Å². The number of hydrogen-bond acceptors (Lipinski definition) is 5. The number of amides is 1. The lowest BCUT2D eigenvalue weighted by Gasteiger charge is -2.08. The molecule has 0 aliphatic rings. The molecule has 0 aliphatic heterocycles. The number of aromatic amines is 1. The van der Waals surface area contributed by atoms with Crippen molar-refractivity contribution in [3.63, 3.8) is 0 Å². The molecule has 0 saturated heterocycles. The number of hydrogen-bond donors (Lipinski definition) is 2. The van der Waals surface area contributed by atoms with E-state index in [0.29, 0.717) is 0 Å². The Morgan fingerprint density at radius 1 is 1.27 bits per heavy atom. The van der Waals surface area contributed by atoms with Crippen LogP contribution in [0.2, 0.25) is 0 Å². The van der Waals surface area contributed by atoms with E-state index in [4.69, 9.17) is 0 Å². The smallest absolute Gasteiger partial charge is 0.234 e. The fraction of sp³-hybridized carbons (Fsp3) is 0.333. The largest absolute Gasteiger partial charge is 0.322 e. The first-order chi connectivity index (χ1) is 12.5. The zero-order chi connectivity index (χ0) is 18.7. The van der Waals surface area contributed by atoms with Gasteiger partial charge < -0.3 is 9.88 Å². The van der Waals surface area contributed by atoms with Gasteiger partial charge in [-0.2, -0.15) is 5.10 Å². The van der Waals surface area contributed by atoms with Crippen LogP contribution < -0.4 is 5.32 Å². The van der Waals surface area contributed by atoms with Gasteiger partial charge in [-0.3, -0.25) is 9.89 Å². The van der Waals surface area contributed by atoms with Gasteiger partial charge in [-0.05, 0) is 33.8 Å². The minimum Gasteiger partial charge on any atom is -0.322 e. The molecule has 7 nitrogen and oxygen atoms in total. The van der Waals surface area contributed by atoms with Crippen LogP contribution in [-0.2, 0) is 11.3 Å². The average molecular weight is 370 g/mol. The van der Waals surface area contributed by atoms with Crippen LogP contribution in [0.15, 0.2) is 29.4 Å². The van der Waals surface area contributed by atoms with Crippen LogP contribution in [0, 0.1) is 20.8 Å². The van der Waals surface area contributed by atoms with E-state index in [2.05, 4.69) is 44.8 Å². The van der Waals surface area contributed by atoms with E-state index in [-0.39, 0.29) is 11.7 Å². The summed E-state index contributed by atoms with van der Waals surface area (Å²) in [5.74, 6) is 0.988. The van der Waals surface area contributed by atoms with Crippen LogP contribution >= 0.6 is 11.8 Å². The predicted molar refractivity (Wildman–Crippen MR) is 103 cm³/mol. The molecule has 0 radical (unpaired) electrons. The third kappa shape index (κ3) is 3.80. The van der Waals surface area contributed by atoms with Crippen molar-refractivity contribution >= 4 is 23.4 Å². The summed E-state index contributed by atoms with van der Waals surface area (Å²) in [7, 11) is 0. The monoisotopic (exact) mass is 370 g/mol. The van der Waals surface area contributed by atoms with Crippen molar-refractivity contribution in [1.82, 2.24) is 25.0 Å². The van der Waals surface area contributed by atoms with Gasteiger partial charge in [0.2, 0.25) is 5.91 Å². The number of nitrogens with zero attached hydrogens (tertiary/aromatic N) is 4. The van der Waals surface area contributed by atoms with Crippen LogP contribution in [0.4, 0.5) is 5.69 Å². The van der Waals surface area contributed by atoms with Gasteiger partial charge >= 0.3 is 0 Å². The summed E-state index contributed by atoms with van der Waals surface area (Å²) in [5, 5.41) is 19.2. The number of aryl methyl sites for hydroxylation is 3. The lowest BCUT2D eigenvalue weighted by molar-refractivity contribution is -0.113. The third-order valence-electron chi connectivity index (χ3n) is 4.03. The molecule has 0 fully saturated rings. The van der Waals surface area contributed by atoms with E-state index < -0.39 is 0 Å². The molecule has 2 heterocycles. The molecule has 0 atom stereocenters. The fourth-order valence-corrected chi connectivity index (χ4v) is 3.52. The molecule has 2 N–H and O–H groups in total. The number of carbonyl (C=O) groups excluding carboxylic acids is 1. The summed E-state index contributed by atoms with van der Waals surface area (Å²) >= 11 is 1.38.